The van der Waals surface area contributed by atoms with Crippen molar-refractivity contribution in [3.63, 3.8) is 0 Å². The number of rotatable bonds is 7. The first-order valence-electron chi connectivity index (χ1n) is 21.6. The molecule has 0 aromatic heterocycles. The first-order chi connectivity index (χ1) is 29.9. The molecule has 0 radical (unpaired) electrons. The van der Waals surface area contributed by atoms with Crippen molar-refractivity contribution in [1.29, 1.82) is 0 Å². The van der Waals surface area contributed by atoms with Gasteiger partial charge in [-0.2, -0.15) is 0 Å². The molecule has 1 saturated carbocycles. The molecule has 4 N–H and O–H groups in total. The van der Waals surface area contributed by atoms with Crippen molar-refractivity contribution in [3.05, 3.63) is 98.3 Å². The molecule has 12 nitrogen and oxygen atoms in total. The summed E-state index contributed by atoms with van der Waals surface area (Å²) in [6, 6.07) is 13.5. The average Bonchev–Trinajstić information content (AvgIpc) is 3.85. The highest BCUT2D eigenvalue weighted by Gasteiger charge is 2.72. The lowest BCUT2D eigenvalue weighted by molar-refractivity contribution is -0.137. The summed E-state index contributed by atoms with van der Waals surface area (Å²) in [4.78, 5) is 83.2. The molecule has 0 bridgehead atoms. The minimum Gasteiger partial charge on any atom is -0.352 e. The van der Waals surface area contributed by atoms with Gasteiger partial charge in [-0.1, -0.05) is 78.6 Å². The van der Waals surface area contributed by atoms with E-state index in [1.165, 1.54) is 11.0 Å². The van der Waals surface area contributed by atoms with Crippen LogP contribution < -0.4 is 21.3 Å². The van der Waals surface area contributed by atoms with E-state index in [1.807, 2.05) is 17.0 Å². The van der Waals surface area contributed by atoms with Crippen LogP contribution in [0.15, 0.2) is 54.6 Å². The number of hydrogen-bond acceptors (Lipinski definition) is 7. The van der Waals surface area contributed by atoms with Gasteiger partial charge in [0.15, 0.2) is 0 Å². The minimum atomic E-state index is -1.32. The summed E-state index contributed by atoms with van der Waals surface area (Å²) in [5.74, 6) is 3.06. The lowest BCUT2D eigenvalue weighted by Gasteiger charge is -2.47. The fourth-order valence-corrected chi connectivity index (χ4v) is 11.5. The fourth-order valence-electron chi connectivity index (χ4n) is 11.1. The van der Waals surface area contributed by atoms with E-state index >= 15 is 4.39 Å². The molecule has 3 aromatic rings. The van der Waals surface area contributed by atoms with E-state index in [2.05, 4.69) is 33.1 Å². The van der Waals surface area contributed by atoms with Crippen LogP contribution in [0.1, 0.15) is 116 Å². The van der Waals surface area contributed by atoms with E-state index in [1.54, 1.807) is 36.4 Å². The molecule has 322 valence electrons. The molecule has 4 atom stereocenters. The van der Waals surface area contributed by atoms with Crippen LogP contribution in [0.25, 0.3) is 0 Å². The summed E-state index contributed by atoms with van der Waals surface area (Å²) in [5.41, 5.74) is 1.25. The van der Waals surface area contributed by atoms with E-state index in [0.717, 1.165) is 24.8 Å². The average molecular weight is 882 g/mol. The number of fused-ring (bicyclic) bond motifs is 4. The lowest BCUT2D eigenvalue weighted by atomic mass is 9.55. The highest BCUT2D eigenvalue weighted by Crippen LogP contribution is 2.62. The van der Waals surface area contributed by atoms with Crippen LogP contribution in [0.5, 0.6) is 0 Å². The molecular weight excluding hydrogens is 834 g/mol. The summed E-state index contributed by atoms with van der Waals surface area (Å²) in [6.45, 7) is 1.15. The number of carbonyl (C=O) groups excluding carboxylic acids is 6. The van der Waals surface area contributed by atoms with Gasteiger partial charge in [0.05, 0.1) is 11.1 Å². The maximum Gasteiger partial charge on any atom is 0.255 e. The molecule has 62 heavy (non-hydrogen) atoms. The third-order valence-electron chi connectivity index (χ3n) is 14.0. The van der Waals surface area contributed by atoms with Gasteiger partial charge >= 0.3 is 0 Å². The Morgan fingerprint density at radius 2 is 1.71 bits per heavy atom. The highest BCUT2D eigenvalue weighted by atomic mass is 35.5. The minimum absolute atomic E-state index is 0.00353. The van der Waals surface area contributed by atoms with Gasteiger partial charge in [-0.25, -0.2) is 4.39 Å². The van der Waals surface area contributed by atoms with Crippen molar-refractivity contribution < 1.29 is 33.2 Å². The van der Waals surface area contributed by atoms with Crippen molar-refractivity contribution in [2.75, 3.05) is 18.4 Å². The topological polar surface area (TPSA) is 157 Å². The van der Waals surface area contributed by atoms with Gasteiger partial charge in [-0.15, -0.1) is 0 Å². The van der Waals surface area contributed by atoms with Crippen molar-refractivity contribution in [2.24, 2.45) is 0 Å². The Kier molecular flexibility index (Phi) is 11.4. The second-order valence-corrected chi connectivity index (χ2v) is 18.2. The quantitative estimate of drug-likeness (QED) is 0.131. The Balaban J connectivity index is 0.840. The van der Waals surface area contributed by atoms with Crippen LogP contribution in [0.4, 0.5) is 10.1 Å². The van der Waals surface area contributed by atoms with Gasteiger partial charge in [0, 0.05) is 78.2 Å². The number of likely N-dealkylation sites (tertiary alicyclic amines) is 1. The number of amides is 6. The summed E-state index contributed by atoms with van der Waals surface area (Å²) < 4.78 is 16.3. The van der Waals surface area contributed by atoms with Crippen molar-refractivity contribution >= 4 is 64.3 Å². The van der Waals surface area contributed by atoms with Crippen LogP contribution in [-0.4, -0.2) is 82.0 Å². The van der Waals surface area contributed by atoms with E-state index in [9.17, 15) is 28.8 Å². The molecule has 5 aliphatic heterocycles. The van der Waals surface area contributed by atoms with Crippen molar-refractivity contribution in [1.82, 2.24) is 25.8 Å². The standard InChI is InChI=1S/C47H47Cl2FN6O6/c48-28-15-16-33-35(25-28)52-45(62)47(33)39(31-12-8-13-34(49)40(31)50)41(54-46(47)21-5-2-6-22-46)43(60)51-29-19-23-55(24-20-29)38(58)14-4-1-3-9-27-10-7-11-30-32(27)26-56(44(30)61)36-17-18-37(57)53-42(36)59/h7-8,10-13,15-16,25,29,36,39,41,54H,1-2,4-6,14,17-24,26H2,(H,51,60)(H,52,62)(H,53,57,59)/t36?,39-,41+,47+/m0/s1. The number of piperidine rings is 2. The van der Waals surface area contributed by atoms with Gasteiger partial charge in [0.25, 0.3) is 5.91 Å². The maximum absolute atomic E-state index is 16.3. The zero-order valence-electron chi connectivity index (χ0n) is 34.1. The van der Waals surface area contributed by atoms with Crippen LogP contribution >= 0.6 is 23.2 Å². The Hall–Kier alpha value is -5.29. The number of anilines is 1. The number of unbranched alkanes of at least 4 members (excludes halogenated alkanes) is 1. The summed E-state index contributed by atoms with van der Waals surface area (Å²) in [6.07, 6.45) is 6.76. The van der Waals surface area contributed by atoms with E-state index in [-0.39, 0.29) is 65.6 Å². The molecule has 6 amide bonds. The monoisotopic (exact) mass is 880 g/mol. The molecule has 3 aromatic carbocycles. The molecular formula is C47H47Cl2FN6O6. The SMILES string of the molecule is O=C1CCC(N2Cc3c(C#CCCCC(=O)N4CCC(NC(=O)[C@@H]5NC6(CCCCC6)[C@@]6(C(=O)Nc7cc(Cl)ccc76)[C@H]5c5cccc(Cl)c5F)CC4)cccc3C2=O)C(=O)N1. The fraction of sp³-hybridized carbons (Fsp3) is 0.447. The number of nitrogens with one attached hydrogen (secondary N) is 4. The Bertz CT molecular complexity index is 2460. The second kappa shape index (κ2) is 16.8. The van der Waals surface area contributed by atoms with Gasteiger partial charge in [-0.3, -0.25) is 39.4 Å². The number of hydrogen-bond donors (Lipinski definition) is 4. The number of nitrogens with zero attached hydrogens (tertiary/aromatic N) is 2. The molecule has 15 heteroatoms. The molecule has 6 aliphatic rings. The van der Waals surface area contributed by atoms with Crippen LogP contribution in [0, 0.1) is 17.7 Å². The molecule has 4 fully saturated rings. The lowest BCUT2D eigenvalue weighted by Crippen LogP contribution is -2.60. The van der Waals surface area contributed by atoms with Crippen molar-refractivity contribution in [2.45, 2.75) is 119 Å². The summed E-state index contributed by atoms with van der Waals surface area (Å²) >= 11 is 12.8. The number of benzene rings is 3. The van der Waals surface area contributed by atoms with Gasteiger partial charge in [0.1, 0.15) is 17.3 Å². The Morgan fingerprint density at radius 3 is 2.48 bits per heavy atom. The van der Waals surface area contributed by atoms with E-state index in [0.29, 0.717) is 85.4 Å². The van der Waals surface area contributed by atoms with Crippen LogP contribution in [0.2, 0.25) is 10.0 Å². The van der Waals surface area contributed by atoms with Gasteiger partial charge in [0.2, 0.25) is 29.5 Å². The molecule has 3 saturated heterocycles. The molecule has 5 heterocycles. The smallest absolute Gasteiger partial charge is 0.255 e. The largest absolute Gasteiger partial charge is 0.352 e. The normalized spacial score (nSPS) is 25.3. The third-order valence-corrected chi connectivity index (χ3v) is 14.5. The van der Waals surface area contributed by atoms with Crippen LogP contribution in [0.3, 0.4) is 0 Å². The molecule has 1 unspecified atom stereocenters. The first-order valence-corrected chi connectivity index (χ1v) is 22.3. The predicted molar refractivity (Wildman–Crippen MR) is 230 cm³/mol. The highest BCUT2D eigenvalue weighted by molar-refractivity contribution is 6.31. The van der Waals surface area contributed by atoms with E-state index in [4.69, 9.17) is 23.2 Å². The van der Waals surface area contributed by atoms with Gasteiger partial charge < -0.3 is 20.4 Å². The first kappa shape index (κ1) is 42.0. The zero-order chi connectivity index (χ0) is 43.3. The van der Waals surface area contributed by atoms with Crippen LogP contribution in [-0.2, 0) is 35.9 Å². The molecule has 1 aliphatic carbocycles. The number of carbonyl (C=O) groups is 6. The summed E-state index contributed by atoms with van der Waals surface area (Å²) in [7, 11) is 0. The second-order valence-electron chi connectivity index (χ2n) is 17.4. The molecule has 2 spiro atoms. The maximum atomic E-state index is 16.3. The number of imide groups is 1. The Labute approximate surface area is 369 Å². The predicted octanol–water partition coefficient (Wildman–Crippen LogP) is 5.87. The Morgan fingerprint density at radius 1 is 0.935 bits per heavy atom. The zero-order valence-corrected chi connectivity index (χ0v) is 35.6. The van der Waals surface area contributed by atoms with Crippen molar-refractivity contribution in [3.8, 4) is 11.8 Å². The van der Waals surface area contributed by atoms with E-state index < -0.39 is 40.7 Å². The number of halogens is 3. The van der Waals surface area contributed by atoms with Gasteiger partial charge in [-0.05, 0) is 85.5 Å². The molecule has 9 rings (SSSR count). The third kappa shape index (κ3) is 7.14. The summed E-state index contributed by atoms with van der Waals surface area (Å²) in [5, 5.41) is 12.7.